The van der Waals surface area contributed by atoms with Gasteiger partial charge in [0.1, 0.15) is 11.0 Å². The molecule has 0 rings (SSSR count). The van der Waals surface area contributed by atoms with Gasteiger partial charge in [0.25, 0.3) is 0 Å². The van der Waals surface area contributed by atoms with Crippen LogP contribution in [-0.4, -0.2) is 90.4 Å². The minimum atomic E-state index is -3.52. The number of aliphatic hydroxyl groups is 2. The van der Waals surface area contributed by atoms with Crippen LogP contribution in [0, 0.1) is 11.3 Å². The first kappa shape index (κ1) is 28.6. The van der Waals surface area contributed by atoms with E-state index in [1.165, 1.54) is 0 Å². The number of hydrogen-bond acceptors (Lipinski definition) is 10. The number of unbranched alkanes of at least 4 members (excludes halogenated alkanes) is 1. The van der Waals surface area contributed by atoms with Gasteiger partial charge in [-0.2, -0.15) is 0 Å². The molecule has 0 heterocycles. The smallest absolute Gasteiger partial charge is 0.327 e. The van der Waals surface area contributed by atoms with Gasteiger partial charge >= 0.3 is 23.9 Å². The van der Waals surface area contributed by atoms with Gasteiger partial charge < -0.3 is 53.6 Å². The lowest BCUT2D eigenvalue weighted by Gasteiger charge is -2.57. The van der Waals surface area contributed by atoms with E-state index in [1.807, 2.05) is 0 Å². The summed E-state index contributed by atoms with van der Waals surface area (Å²) in [6.07, 6.45) is -2.61. The number of carbonyl (C=O) groups is 4. The number of aliphatic carboxylic acids is 4. The summed E-state index contributed by atoms with van der Waals surface area (Å²) in [6.45, 7) is 0.0226. The lowest BCUT2D eigenvalue weighted by Crippen LogP contribution is -2.86. The molecule has 0 aromatic carbocycles. The van der Waals surface area contributed by atoms with Gasteiger partial charge in [-0.25, -0.2) is 0 Å². The molecule has 0 aliphatic rings. The molecule has 31 heavy (non-hydrogen) atoms. The molecule has 0 bridgehead atoms. The molecule has 14 nitrogen and oxygen atoms in total. The van der Waals surface area contributed by atoms with Crippen LogP contribution in [0.4, 0.5) is 0 Å². The highest BCUT2D eigenvalue weighted by Crippen LogP contribution is 2.53. The minimum absolute atomic E-state index is 0.0209. The van der Waals surface area contributed by atoms with Crippen molar-refractivity contribution in [2.75, 3.05) is 13.2 Å². The molecule has 0 amide bonds. The molecule has 6 unspecified atom stereocenters. The monoisotopic (exact) mass is 452 g/mol. The van der Waals surface area contributed by atoms with Crippen LogP contribution >= 0.6 is 0 Å². The van der Waals surface area contributed by atoms with E-state index in [0.717, 1.165) is 13.8 Å². The van der Waals surface area contributed by atoms with Crippen molar-refractivity contribution in [3.05, 3.63) is 0 Å². The van der Waals surface area contributed by atoms with E-state index in [-0.39, 0.29) is 19.4 Å². The van der Waals surface area contributed by atoms with Crippen LogP contribution in [0.15, 0.2) is 0 Å². The minimum Gasteiger partial charge on any atom is -0.481 e. The Bertz CT molecular complexity index is 715. The van der Waals surface area contributed by atoms with E-state index < -0.39 is 71.0 Å². The first-order chi connectivity index (χ1) is 14.0. The number of hydrogen-bond donors (Lipinski definition) is 10. The first-order valence-electron chi connectivity index (χ1n) is 9.26. The Kier molecular flexibility index (Phi) is 9.09. The van der Waals surface area contributed by atoms with Crippen LogP contribution in [0.2, 0.25) is 0 Å². The summed E-state index contributed by atoms with van der Waals surface area (Å²) < 4.78 is 0. The third-order valence-corrected chi connectivity index (χ3v) is 5.99. The van der Waals surface area contributed by atoms with Crippen LogP contribution in [-0.2, 0) is 19.2 Å². The lowest BCUT2D eigenvalue weighted by molar-refractivity contribution is -0.203. The van der Waals surface area contributed by atoms with Gasteiger partial charge in [0.05, 0.1) is 12.7 Å². The topological polar surface area (TPSA) is 294 Å². The summed E-state index contributed by atoms with van der Waals surface area (Å²) in [5.41, 5.74) is 10.1. The van der Waals surface area contributed by atoms with E-state index in [9.17, 15) is 49.8 Å². The molecule has 0 aliphatic carbocycles. The van der Waals surface area contributed by atoms with Crippen molar-refractivity contribution in [2.45, 2.75) is 55.8 Å². The molecule has 0 radical (unpaired) electrons. The largest absolute Gasteiger partial charge is 0.481 e. The molecule has 0 saturated heterocycles. The van der Waals surface area contributed by atoms with Crippen molar-refractivity contribution in [3.63, 3.8) is 0 Å². The normalized spacial score (nSPS) is 21.4. The predicted octanol–water partition coefficient (Wildman–Crippen LogP) is -3.46. The zero-order valence-electron chi connectivity index (χ0n) is 17.3. The van der Waals surface area contributed by atoms with Gasteiger partial charge in [0.2, 0.25) is 0 Å². The Morgan fingerprint density at radius 2 is 1.35 bits per heavy atom. The van der Waals surface area contributed by atoms with E-state index in [4.69, 9.17) is 22.9 Å². The van der Waals surface area contributed by atoms with Crippen molar-refractivity contribution in [2.24, 2.45) is 34.3 Å². The third kappa shape index (κ3) is 4.22. The van der Waals surface area contributed by atoms with Crippen molar-refractivity contribution < 1.29 is 49.8 Å². The fraction of sp³-hybridized carbons (Fsp3) is 0.765. The van der Waals surface area contributed by atoms with Crippen LogP contribution in [0.1, 0.15) is 33.1 Å². The molecule has 0 aromatic heterocycles. The highest BCUT2D eigenvalue weighted by Gasteiger charge is 2.78. The molecule has 0 aromatic rings. The summed E-state index contributed by atoms with van der Waals surface area (Å²) in [5, 5.41) is 59.8. The number of nitrogens with two attached hydrogens (primary N) is 4. The second-order valence-corrected chi connectivity index (χ2v) is 7.82. The molecule has 14 heteroatoms. The van der Waals surface area contributed by atoms with E-state index in [1.54, 1.807) is 0 Å². The molecule has 0 spiro atoms. The molecule has 0 fully saturated rings. The summed E-state index contributed by atoms with van der Waals surface area (Å²) >= 11 is 0. The van der Waals surface area contributed by atoms with Gasteiger partial charge in [-0.15, -0.1) is 0 Å². The van der Waals surface area contributed by atoms with Crippen LogP contribution in [0.5, 0.6) is 0 Å². The third-order valence-electron chi connectivity index (χ3n) is 5.99. The molecular weight excluding hydrogens is 420 g/mol. The number of carboxylic acids is 4. The molecule has 14 N–H and O–H groups in total. The quantitative estimate of drug-likeness (QED) is 0.115. The molecule has 0 aliphatic heterocycles. The zero-order valence-corrected chi connectivity index (χ0v) is 17.3. The fourth-order valence-electron chi connectivity index (χ4n) is 4.13. The van der Waals surface area contributed by atoms with E-state index in [2.05, 4.69) is 0 Å². The Morgan fingerprint density at radius 3 is 1.61 bits per heavy atom. The maximum atomic E-state index is 12.7. The highest BCUT2D eigenvalue weighted by atomic mass is 16.4. The number of rotatable bonds is 14. The van der Waals surface area contributed by atoms with Gasteiger partial charge in [-0.1, -0.05) is 6.42 Å². The van der Waals surface area contributed by atoms with Gasteiger partial charge in [-0.3, -0.25) is 19.2 Å². The van der Waals surface area contributed by atoms with Crippen molar-refractivity contribution in [1.29, 1.82) is 0 Å². The van der Waals surface area contributed by atoms with Gasteiger partial charge in [0, 0.05) is 5.92 Å². The second kappa shape index (κ2) is 9.84. The summed E-state index contributed by atoms with van der Waals surface area (Å²) in [5.74, 6) is -10.6. The van der Waals surface area contributed by atoms with Crippen molar-refractivity contribution in [1.82, 2.24) is 0 Å². The Labute approximate surface area is 177 Å². The summed E-state index contributed by atoms with van der Waals surface area (Å²) in [4.78, 5) is 49.1. The Hall–Kier alpha value is -2.36. The lowest BCUT2D eigenvalue weighted by atomic mass is 9.47. The van der Waals surface area contributed by atoms with Crippen LogP contribution in [0.3, 0.4) is 0 Å². The highest BCUT2D eigenvalue weighted by molar-refractivity contribution is 5.99. The molecule has 6 atom stereocenters. The van der Waals surface area contributed by atoms with E-state index >= 15 is 0 Å². The SMILES string of the molecule is CC(O)C(N)(C(=O)O)C(C(=O)O)(C(CCCCN)C(C)(N)C(=O)O)C(N)(CO)C(=O)O. The number of aliphatic hydroxyl groups excluding tert-OH is 2. The Morgan fingerprint density at radius 1 is 0.871 bits per heavy atom. The average Bonchev–Trinajstić information content (AvgIpc) is 2.65. The fourth-order valence-corrected chi connectivity index (χ4v) is 4.13. The Balaban J connectivity index is 7.87. The first-order valence-corrected chi connectivity index (χ1v) is 9.26. The predicted molar refractivity (Wildman–Crippen MR) is 105 cm³/mol. The average molecular weight is 452 g/mol. The van der Waals surface area contributed by atoms with Crippen molar-refractivity contribution >= 4 is 23.9 Å². The molecular formula is C17H32N4O10. The molecule has 180 valence electrons. The summed E-state index contributed by atoms with van der Waals surface area (Å²) in [6, 6.07) is 0. The van der Waals surface area contributed by atoms with Gasteiger partial charge in [0.15, 0.2) is 11.1 Å². The molecule has 0 saturated carbocycles. The van der Waals surface area contributed by atoms with Crippen LogP contribution < -0.4 is 22.9 Å². The maximum absolute atomic E-state index is 12.7. The maximum Gasteiger partial charge on any atom is 0.327 e. The second-order valence-electron chi connectivity index (χ2n) is 7.82. The summed E-state index contributed by atoms with van der Waals surface area (Å²) in [7, 11) is 0. The number of carboxylic acid groups (broad SMARTS) is 4. The van der Waals surface area contributed by atoms with Gasteiger partial charge in [-0.05, 0) is 33.2 Å². The van der Waals surface area contributed by atoms with E-state index in [0.29, 0.717) is 0 Å². The zero-order chi connectivity index (χ0) is 25.0. The van der Waals surface area contributed by atoms with Crippen molar-refractivity contribution in [3.8, 4) is 0 Å². The van der Waals surface area contributed by atoms with Crippen LogP contribution in [0.25, 0.3) is 0 Å². The standard InChI is InChI=1S/C17H32N4O10/c1-8(23)17(21,13(30)31)16(12(28)29,15(20,7-22)11(26)27)9(5-3-4-6-18)14(2,19)10(24)25/h8-9,22-23H,3-7,18-21H2,1-2H3,(H,24,25)(H,26,27)(H,28,29)(H,30,31).